The van der Waals surface area contributed by atoms with Gasteiger partial charge in [0.25, 0.3) is 0 Å². The van der Waals surface area contributed by atoms with Crippen molar-refractivity contribution in [3.63, 3.8) is 0 Å². The third-order valence-corrected chi connectivity index (χ3v) is 4.70. The van der Waals surface area contributed by atoms with Crippen LogP contribution in [-0.2, 0) is 36.6 Å². The van der Waals surface area contributed by atoms with Gasteiger partial charge in [0, 0.05) is 12.1 Å². The van der Waals surface area contributed by atoms with Gasteiger partial charge >= 0.3 is 18.0 Å². The van der Waals surface area contributed by atoms with Gasteiger partial charge in [-0.2, -0.15) is 0 Å². The van der Waals surface area contributed by atoms with E-state index in [1.807, 2.05) is 0 Å². The van der Waals surface area contributed by atoms with Crippen LogP contribution in [-0.4, -0.2) is 53.1 Å². The number of nitrogens with one attached hydrogen (secondary N) is 1. The van der Waals surface area contributed by atoms with E-state index in [4.69, 9.17) is 23.7 Å². The molecule has 9 heteroatoms. The minimum atomic E-state index is -1.07. The maximum Gasteiger partial charge on any atom is 0.411 e. The Bertz CT molecular complexity index is 910. The monoisotopic (exact) mass is 445 g/mol. The van der Waals surface area contributed by atoms with Gasteiger partial charge in [-0.1, -0.05) is 12.1 Å². The lowest BCUT2D eigenvalue weighted by Gasteiger charge is -2.15. The summed E-state index contributed by atoms with van der Waals surface area (Å²) in [5.41, 5.74) is 2.05. The Kier molecular flexibility index (Phi) is 9.34. The van der Waals surface area contributed by atoms with Gasteiger partial charge in [-0.25, -0.2) is 4.79 Å². The molecule has 2 aromatic rings. The van der Waals surface area contributed by atoms with Crippen molar-refractivity contribution in [2.75, 3.05) is 40.4 Å². The number of rotatable bonds is 10. The predicted molar refractivity (Wildman–Crippen MR) is 116 cm³/mol. The Hall–Kier alpha value is -3.75. The molecule has 0 saturated carbocycles. The number of anilines is 1. The highest BCUT2D eigenvalue weighted by atomic mass is 16.6. The van der Waals surface area contributed by atoms with Crippen molar-refractivity contribution in [1.29, 1.82) is 0 Å². The van der Waals surface area contributed by atoms with E-state index in [9.17, 15) is 14.4 Å². The molecule has 2 rings (SSSR count). The summed E-state index contributed by atoms with van der Waals surface area (Å²) in [5.74, 6) is -1.14. The van der Waals surface area contributed by atoms with Crippen LogP contribution in [0.25, 0.3) is 0 Å². The fourth-order valence-corrected chi connectivity index (χ4v) is 3.02. The quantitative estimate of drug-likeness (QED) is 0.338. The topological polar surface area (TPSA) is 109 Å². The highest BCUT2D eigenvalue weighted by Crippen LogP contribution is 2.23. The van der Waals surface area contributed by atoms with E-state index in [1.165, 1.54) is 21.3 Å². The van der Waals surface area contributed by atoms with E-state index in [1.54, 1.807) is 49.6 Å². The lowest BCUT2D eigenvalue weighted by molar-refractivity contribution is -0.158. The third-order valence-electron chi connectivity index (χ3n) is 4.70. The molecule has 0 aliphatic heterocycles. The normalized spacial score (nSPS) is 10.3. The largest absolute Gasteiger partial charge is 0.497 e. The lowest BCUT2D eigenvalue weighted by atomic mass is 9.97. The first-order chi connectivity index (χ1) is 15.4. The van der Waals surface area contributed by atoms with E-state index in [2.05, 4.69) is 5.32 Å². The Morgan fingerprint density at radius 3 is 2.09 bits per heavy atom. The molecule has 0 aromatic heterocycles. The molecule has 0 aliphatic carbocycles. The maximum absolute atomic E-state index is 12.0. The van der Waals surface area contributed by atoms with Crippen LogP contribution in [0.15, 0.2) is 42.5 Å². The van der Waals surface area contributed by atoms with E-state index in [0.29, 0.717) is 29.2 Å². The molecule has 1 amide bonds. The zero-order valence-electron chi connectivity index (χ0n) is 18.5. The molecule has 172 valence electrons. The van der Waals surface area contributed by atoms with Gasteiger partial charge in [-0.3, -0.25) is 14.9 Å². The minimum absolute atomic E-state index is 0.0965. The highest BCUT2D eigenvalue weighted by molar-refractivity contribution is 5.95. The highest BCUT2D eigenvalue weighted by Gasteiger charge is 2.29. The molecule has 0 radical (unpaired) electrons. The van der Waals surface area contributed by atoms with Crippen molar-refractivity contribution >= 4 is 23.7 Å². The summed E-state index contributed by atoms with van der Waals surface area (Å²) in [4.78, 5) is 35.9. The summed E-state index contributed by atoms with van der Waals surface area (Å²) in [5, 5.41) is 2.63. The van der Waals surface area contributed by atoms with Crippen LogP contribution in [0.2, 0.25) is 0 Å². The molecule has 0 saturated heterocycles. The second-order valence-corrected chi connectivity index (χ2v) is 6.69. The SMILES string of the molecule is COC(=O)C(Cc1ccc(OC)c(CCOC(=O)Nc2ccc(OC)cc2)c1)C(=O)OC. The van der Waals surface area contributed by atoms with E-state index < -0.39 is 23.9 Å². The van der Waals surface area contributed by atoms with Crippen molar-refractivity contribution in [3.8, 4) is 11.5 Å². The number of amides is 1. The van der Waals surface area contributed by atoms with Crippen LogP contribution in [0.5, 0.6) is 11.5 Å². The first-order valence-corrected chi connectivity index (χ1v) is 9.81. The molecular formula is C23H27NO8. The summed E-state index contributed by atoms with van der Waals surface area (Å²) in [6.45, 7) is 0.0965. The number of esters is 2. The summed E-state index contributed by atoms with van der Waals surface area (Å²) in [6, 6.07) is 12.1. The van der Waals surface area contributed by atoms with Gasteiger partial charge in [0.15, 0.2) is 5.92 Å². The van der Waals surface area contributed by atoms with E-state index in [0.717, 1.165) is 5.56 Å². The first kappa shape index (κ1) is 24.5. The molecule has 1 N–H and O–H groups in total. The van der Waals surface area contributed by atoms with E-state index >= 15 is 0 Å². The Morgan fingerprint density at radius 1 is 0.875 bits per heavy atom. The van der Waals surface area contributed by atoms with Gasteiger partial charge in [-0.05, 0) is 47.9 Å². The van der Waals surface area contributed by atoms with Crippen molar-refractivity contribution in [1.82, 2.24) is 0 Å². The standard InChI is InChI=1S/C23H27NO8/c1-28-18-8-6-17(7-9-18)24-23(27)32-12-11-16-13-15(5-10-20(16)29-2)14-19(21(25)30-3)22(26)31-4/h5-10,13,19H,11-12,14H2,1-4H3,(H,24,27). The van der Waals surface area contributed by atoms with Crippen molar-refractivity contribution in [2.24, 2.45) is 5.92 Å². The molecule has 0 fully saturated rings. The number of ether oxygens (including phenoxy) is 5. The van der Waals surface area contributed by atoms with E-state index in [-0.39, 0.29) is 13.0 Å². The molecule has 0 atom stereocenters. The van der Waals surface area contributed by atoms with Crippen LogP contribution in [0.4, 0.5) is 10.5 Å². The van der Waals surface area contributed by atoms with Crippen LogP contribution in [0.1, 0.15) is 11.1 Å². The molecule has 0 bridgehead atoms. The van der Waals surface area contributed by atoms with Gasteiger partial charge < -0.3 is 23.7 Å². The summed E-state index contributed by atoms with van der Waals surface area (Å²) < 4.78 is 25.1. The Morgan fingerprint density at radius 2 is 1.53 bits per heavy atom. The van der Waals surface area contributed by atoms with Crippen LogP contribution in [0.3, 0.4) is 0 Å². The van der Waals surface area contributed by atoms with Crippen LogP contribution < -0.4 is 14.8 Å². The first-order valence-electron chi connectivity index (χ1n) is 9.81. The fraction of sp³-hybridized carbons (Fsp3) is 0.348. The zero-order valence-corrected chi connectivity index (χ0v) is 18.5. The van der Waals surface area contributed by atoms with Gasteiger partial charge in [-0.15, -0.1) is 0 Å². The average Bonchev–Trinajstić information content (AvgIpc) is 2.82. The number of carbonyl (C=O) groups is 3. The van der Waals surface area contributed by atoms with Crippen LogP contribution >= 0.6 is 0 Å². The Labute approximate surface area is 186 Å². The molecule has 9 nitrogen and oxygen atoms in total. The molecule has 0 unspecified atom stereocenters. The average molecular weight is 445 g/mol. The number of carbonyl (C=O) groups excluding carboxylic acids is 3. The lowest BCUT2D eigenvalue weighted by Crippen LogP contribution is -2.28. The second kappa shape index (κ2) is 12.2. The fourth-order valence-electron chi connectivity index (χ4n) is 3.02. The molecule has 0 heterocycles. The molecular weight excluding hydrogens is 418 g/mol. The number of benzene rings is 2. The number of hydrogen-bond donors (Lipinski definition) is 1. The van der Waals surface area contributed by atoms with Gasteiger partial charge in [0.1, 0.15) is 11.5 Å². The second-order valence-electron chi connectivity index (χ2n) is 6.69. The number of methoxy groups -OCH3 is 4. The van der Waals surface area contributed by atoms with Crippen LogP contribution in [0, 0.1) is 5.92 Å². The third kappa shape index (κ3) is 6.90. The van der Waals surface area contributed by atoms with Crippen molar-refractivity contribution in [3.05, 3.63) is 53.6 Å². The maximum atomic E-state index is 12.0. The zero-order chi connectivity index (χ0) is 23.5. The smallest absolute Gasteiger partial charge is 0.411 e. The van der Waals surface area contributed by atoms with Gasteiger partial charge in [0.05, 0.1) is 35.0 Å². The molecule has 32 heavy (non-hydrogen) atoms. The molecule has 0 spiro atoms. The van der Waals surface area contributed by atoms with Crippen molar-refractivity contribution in [2.45, 2.75) is 12.8 Å². The van der Waals surface area contributed by atoms with Crippen molar-refractivity contribution < 1.29 is 38.1 Å². The predicted octanol–water partition coefficient (Wildman–Crippen LogP) is 3.00. The Balaban J connectivity index is 2.00. The molecule has 2 aromatic carbocycles. The van der Waals surface area contributed by atoms with Gasteiger partial charge in [0.2, 0.25) is 0 Å². The molecule has 0 aliphatic rings. The minimum Gasteiger partial charge on any atom is -0.497 e. The summed E-state index contributed by atoms with van der Waals surface area (Å²) in [6.07, 6.45) is -0.120. The summed E-state index contributed by atoms with van der Waals surface area (Å²) >= 11 is 0. The summed E-state index contributed by atoms with van der Waals surface area (Å²) in [7, 11) is 5.52. The number of hydrogen-bond acceptors (Lipinski definition) is 8.